The normalized spacial score (nSPS) is 21.2. The minimum atomic E-state index is 0. The van der Waals surface area contributed by atoms with Gasteiger partial charge in [0.05, 0.1) is 6.61 Å². The van der Waals surface area contributed by atoms with Gasteiger partial charge in [0, 0.05) is 12.6 Å². The van der Waals surface area contributed by atoms with Crippen molar-refractivity contribution in [2.75, 3.05) is 6.61 Å². The summed E-state index contributed by atoms with van der Waals surface area (Å²) in [7, 11) is 0. The molecule has 1 aromatic carbocycles. The molecule has 13 heavy (non-hydrogen) atoms. The van der Waals surface area contributed by atoms with Crippen LogP contribution < -0.4 is 5.73 Å². The lowest BCUT2D eigenvalue weighted by Crippen LogP contribution is -2.11. The fourth-order valence-corrected chi connectivity index (χ4v) is 1.58. The Hall–Kier alpha value is -0.570. The van der Waals surface area contributed by atoms with Gasteiger partial charge in [0.25, 0.3) is 0 Å². The van der Waals surface area contributed by atoms with E-state index in [1.165, 1.54) is 11.1 Å². The lowest BCUT2D eigenvalue weighted by Gasteiger charge is -2.09. The van der Waals surface area contributed by atoms with Gasteiger partial charge >= 0.3 is 0 Å². The Balaban J connectivity index is 0.000000845. The fraction of sp³-hybridized carbons (Fsp3) is 0.400. The highest BCUT2D eigenvalue weighted by Gasteiger charge is 2.13. The van der Waals surface area contributed by atoms with Crippen LogP contribution >= 0.6 is 12.4 Å². The van der Waals surface area contributed by atoms with Crippen molar-refractivity contribution >= 4 is 12.4 Å². The van der Waals surface area contributed by atoms with E-state index < -0.39 is 0 Å². The van der Waals surface area contributed by atoms with E-state index in [1.807, 2.05) is 12.1 Å². The first-order chi connectivity index (χ1) is 5.88. The lowest BCUT2D eigenvalue weighted by atomic mass is 10.0. The summed E-state index contributed by atoms with van der Waals surface area (Å²) in [5.41, 5.74) is 8.45. The third-order valence-electron chi connectivity index (χ3n) is 2.29. The molecule has 3 heteroatoms. The minimum Gasteiger partial charge on any atom is -0.377 e. The number of benzene rings is 1. The van der Waals surface area contributed by atoms with E-state index >= 15 is 0 Å². The fourth-order valence-electron chi connectivity index (χ4n) is 1.58. The van der Waals surface area contributed by atoms with Crippen molar-refractivity contribution in [1.29, 1.82) is 0 Å². The van der Waals surface area contributed by atoms with Crippen molar-refractivity contribution in [2.45, 2.75) is 19.1 Å². The average Bonchev–Trinajstić information content (AvgIpc) is 2.29. The number of ether oxygens (including phenoxy) is 1. The van der Waals surface area contributed by atoms with E-state index in [0.717, 1.165) is 13.0 Å². The molecule has 0 spiro atoms. The molecule has 1 aliphatic rings. The molecule has 2 rings (SSSR count). The molecule has 0 fully saturated rings. The number of rotatable bonds is 0. The summed E-state index contributed by atoms with van der Waals surface area (Å²) in [5, 5.41) is 0. The Kier molecular flexibility index (Phi) is 3.72. The van der Waals surface area contributed by atoms with Gasteiger partial charge in [0.2, 0.25) is 0 Å². The maximum atomic E-state index is 5.97. The Morgan fingerprint density at radius 1 is 1.31 bits per heavy atom. The monoisotopic (exact) mass is 199 g/mol. The SMILES string of the molecule is Cl.N[C@H]1CCOCc2ccccc21. The zero-order chi connectivity index (χ0) is 8.39. The van der Waals surface area contributed by atoms with E-state index in [4.69, 9.17) is 10.5 Å². The van der Waals surface area contributed by atoms with Gasteiger partial charge in [0.1, 0.15) is 0 Å². The second kappa shape index (κ2) is 4.61. The Morgan fingerprint density at radius 2 is 2.08 bits per heavy atom. The van der Waals surface area contributed by atoms with Crippen LogP contribution in [0.2, 0.25) is 0 Å². The third kappa shape index (κ3) is 2.21. The standard InChI is InChI=1S/C10H13NO.ClH/c11-10-5-6-12-7-8-3-1-2-4-9(8)10;/h1-4,10H,5-7,11H2;1H/t10-;/m0./s1. The Labute approximate surface area is 84.5 Å². The summed E-state index contributed by atoms with van der Waals surface area (Å²) in [6, 6.07) is 8.39. The van der Waals surface area contributed by atoms with E-state index in [1.54, 1.807) is 0 Å². The van der Waals surface area contributed by atoms with Crippen molar-refractivity contribution < 1.29 is 4.74 Å². The first-order valence-electron chi connectivity index (χ1n) is 4.29. The minimum absolute atomic E-state index is 0. The second-order valence-electron chi connectivity index (χ2n) is 3.15. The van der Waals surface area contributed by atoms with Crippen LogP contribution in [0.15, 0.2) is 24.3 Å². The Bertz CT molecular complexity index is 277. The molecule has 0 amide bonds. The topological polar surface area (TPSA) is 35.2 Å². The van der Waals surface area contributed by atoms with Gasteiger partial charge in [-0.2, -0.15) is 0 Å². The molecule has 2 nitrogen and oxygen atoms in total. The molecule has 0 saturated heterocycles. The zero-order valence-electron chi connectivity index (χ0n) is 7.40. The second-order valence-corrected chi connectivity index (χ2v) is 3.15. The number of hydrogen-bond donors (Lipinski definition) is 1. The van der Waals surface area contributed by atoms with E-state index in [-0.39, 0.29) is 18.4 Å². The average molecular weight is 200 g/mol. The van der Waals surface area contributed by atoms with Crippen LogP contribution in [0.3, 0.4) is 0 Å². The summed E-state index contributed by atoms with van der Waals surface area (Å²) in [4.78, 5) is 0. The Morgan fingerprint density at radius 3 is 2.92 bits per heavy atom. The predicted octanol–water partition coefficient (Wildman–Crippen LogP) is 2.03. The molecule has 1 aliphatic heterocycles. The molecule has 72 valence electrons. The van der Waals surface area contributed by atoms with Crippen LogP contribution in [0.4, 0.5) is 0 Å². The molecule has 0 aliphatic carbocycles. The molecular formula is C10H14ClNO. The van der Waals surface area contributed by atoms with E-state index in [9.17, 15) is 0 Å². The van der Waals surface area contributed by atoms with Gasteiger partial charge in [-0.25, -0.2) is 0 Å². The van der Waals surface area contributed by atoms with Crippen LogP contribution in [0.25, 0.3) is 0 Å². The number of hydrogen-bond acceptors (Lipinski definition) is 2. The van der Waals surface area contributed by atoms with Crippen LogP contribution in [0.5, 0.6) is 0 Å². The molecule has 1 aromatic rings. The van der Waals surface area contributed by atoms with Gasteiger partial charge in [0.15, 0.2) is 0 Å². The molecular weight excluding hydrogens is 186 g/mol. The number of fused-ring (bicyclic) bond motifs is 1. The quantitative estimate of drug-likeness (QED) is 0.694. The van der Waals surface area contributed by atoms with Crippen molar-refractivity contribution in [3.8, 4) is 0 Å². The first kappa shape index (κ1) is 10.5. The third-order valence-corrected chi connectivity index (χ3v) is 2.29. The lowest BCUT2D eigenvalue weighted by molar-refractivity contribution is 0.122. The smallest absolute Gasteiger partial charge is 0.0720 e. The molecule has 0 bridgehead atoms. The summed E-state index contributed by atoms with van der Waals surface area (Å²) in [6.07, 6.45) is 0.928. The van der Waals surface area contributed by atoms with Gasteiger partial charge in [-0.05, 0) is 17.5 Å². The van der Waals surface area contributed by atoms with Crippen LogP contribution in [-0.2, 0) is 11.3 Å². The summed E-state index contributed by atoms with van der Waals surface area (Å²) >= 11 is 0. The van der Waals surface area contributed by atoms with Gasteiger partial charge in [-0.3, -0.25) is 0 Å². The molecule has 1 heterocycles. The largest absolute Gasteiger partial charge is 0.377 e. The first-order valence-corrected chi connectivity index (χ1v) is 4.29. The van der Waals surface area contributed by atoms with Crippen LogP contribution in [0, 0.1) is 0 Å². The van der Waals surface area contributed by atoms with Crippen molar-refractivity contribution in [2.24, 2.45) is 5.73 Å². The summed E-state index contributed by atoms with van der Waals surface area (Å²) in [5.74, 6) is 0. The highest BCUT2D eigenvalue weighted by atomic mass is 35.5. The van der Waals surface area contributed by atoms with Gasteiger partial charge < -0.3 is 10.5 Å². The molecule has 0 unspecified atom stereocenters. The summed E-state index contributed by atoms with van der Waals surface area (Å²) in [6.45, 7) is 1.49. The van der Waals surface area contributed by atoms with E-state index in [2.05, 4.69) is 12.1 Å². The van der Waals surface area contributed by atoms with Crippen LogP contribution in [-0.4, -0.2) is 6.61 Å². The molecule has 0 radical (unpaired) electrons. The predicted molar refractivity (Wildman–Crippen MR) is 54.9 cm³/mol. The van der Waals surface area contributed by atoms with E-state index in [0.29, 0.717) is 6.61 Å². The maximum absolute atomic E-state index is 5.97. The molecule has 0 saturated carbocycles. The number of nitrogens with two attached hydrogens (primary N) is 1. The van der Waals surface area contributed by atoms with Crippen LogP contribution in [0.1, 0.15) is 23.6 Å². The van der Waals surface area contributed by atoms with Crippen molar-refractivity contribution in [3.63, 3.8) is 0 Å². The molecule has 1 atom stereocenters. The van der Waals surface area contributed by atoms with Gasteiger partial charge in [-0.1, -0.05) is 24.3 Å². The van der Waals surface area contributed by atoms with Crippen molar-refractivity contribution in [1.82, 2.24) is 0 Å². The summed E-state index contributed by atoms with van der Waals surface area (Å²) < 4.78 is 5.41. The highest BCUT2D eigenvalue weighted by molar-refractivity contribution is 5.85. The number of halogens is 1. The maximum Gasteiger partial charge on any atom is 0.0720 e. The van der Waals surface area contributed by atoms with Crippen molar-refractivity contribution in [3.05, 3.63) is 35.4 Å². The van der Waals surface area contributed by atoms with Gasteiger partial charge in [-0.15, -0.1) is 12.4 Å². The molecule has 0 aromatic heterocycles. The highest BCUT2D eigenvalue weighted by Crippen LogP contribution is 2.22. The zero-order valence-corrected chi connectivity index (χ0v) is 8.22. The molecule has 2 N–H and O–H groups in total.